The van der Waals surface area contributed by atoms with Gasteiger partial charge in [0.2, 0.25) is 10.0 Å². The third kappa shape index (κ3) is 5.39. The number of nitrogens with one attached hydrogen (secondary N) is 2. The fourth-order valence-corrected chi connectivity index (χ4v) is 5.58. The number of ether oxygens (including phenoxy) is 1. The fraction of sp³-hybridized carbons (Fsp3) is 0.650. The average molecular weight is 441 g/mol. The first-order valence-electron chi connectivity index (χ1n) is 10.5. The van der Waals surface area contributed by atoms with Gasteiger partial charge in [-0.15, -0.1) is 0 Å². The molecule has 0 radical (unpaired) electrons. The fourth-order valence-electron chi connectivity index (χ4n) is 3.90. The van der Waals surface area contributed by atoms with Crippen LogP contribution in [0.3, 0.4) is 0 Å². The number of hydrogen-bond donors (Lipinski definition) is 2. The van der Waals surface area contributed by atoms with E-state index in [9.17, 15) is 8.42 Å². The van der Waals surface area contributed by atoms with Crippen molar-refractivity contribution in [2.24, 2.45) is 0 Å². The minimum atomic E-state index is -3.53. The van der Waals surface area contributed by atoms with Gasteiger partial charge in [-0.05, 0) is 56.1 Å². The van der Waals surface area contributed by atoms with Crippen molar-refractivity contribution >= 4 is 38.7 Å². The van der Waals surface area contributed by atoms with Crippen LogP contribution in [0.1, 0.15) is 39.5 Å². The largest absolute Gasteiger partial charge is 0.376 e. The molecule has 1 aromatic rings. The predicted molar refractivity (Wildman–Crippen MR) is 121 cm³/mol. The van der Waals surface area contributed by atoms with Gasteiger partial charge < -0.3 is 20.3 Å². The summed E-state index contributed by atoms with van der Waals surface area (Å²) < 4.78 is 33.1. The monoisotopic (exact) mass is 440 g/mol. The normalized spacial score (nSPS) is 19.7. The van der Waals surface area contributed by atoms with Gasteiger partial charge >= 0.3 is 0 Å². The Hall–Kier alpha value is -1.42. The van der Waals surface area contributed by atoms with Gasteiger partial charge in [0.25, 0.3) is 0 Å². The van der Waals surface area contributed by atoms with E-state index in [1.54, 1.807) is 12.1 Å². The SMILES string of the molecule is CCN(CC)S(=O)(=O)c1ccc(N2CCCC2)c(NC(=S)NC[C@@H]2CCCO2)c1. The molecule has 0 unspecified atom stereocenters. The first-order valence-corrected chi connectivity index (χ1v) is 12.4. The van der Waals surface area contributed by atoms with Crippen LogP contribution in [0.15, 0.2) is 23.1 Å². The van der Waals surface area contributed by atoms with Crippen molar-refractivity contribution in [1.82, 2.24) is 9.62 Å². The van der Waals surface area contributed by atoms with E-state index in [1.165, 1.54) is 4.31 Å². The van der Waals surface area contributed by atoms with Crippen LogP contribution < -0.4 is 15.5 Å². The quantitative estimate of drug-likeness (QED) is 0.602. The second-order valence-corrected chi connectivity index (χ2v) is 9.78. The number of rotatable bonds is 8. The molecule has 162 valence electrons. The van der Waals surface area contributed by atoms with Gasteiger partial charge in [-0.3, -0.25) is 0 Å². The number of hydrogen-bond acceptors (Lipinski definition) is 5. The summed E-state index contributed by atoms with van der Waals surface area (Å²) in [6.07, 6.45) is 4.58. The van der Waals surface area contributed by atoms with Crippen LogP contribution in [0, 0.1) is 0 Å². The van der Waals surface area contributed by atoms with Gasteiger partial charge in [0.15, 0.2) is 5.11 Å². The molecule has 7 nitrogen and oxygen atoms in total. The molecule has 3 rings (SSSR count). The zero-order valence-electron chi connectivity index (χ0n) is 17.3. The maximum atomic E-state index is 13.0. The molecule has 2 aliphatic heterocycles. The predicted octanol–water partition coefficient (Wildman–Crippen LogP) is 2.78. The Morgan fingerprint density at radius 2 is 1.97 bits per heavy atom. The van der Waals surface area contributed by atoms with Crippen LogP contribution in [0.4, 0.5) is 11.4 Å². The molecule has 0 spiro atoms. The summed E-state index contributed by atoms with van der Waals surface area (Å²) in [5.41, 5.74) is 1.72. The van der Waals surface area contributed by atoms with E-state index in [4.69, 9.17) is 17.0 Å². The van der Waals surface area contributed by atoms with Gasteiger partial charge in [-0.1, -0.05) is 13.8 Å². The van der Waals surface area contributed by atoms with Gasteiger partial charge in [0.05, 0.1) is 22.4 Å². The Morgan fingerprint density at radius 3 is 2.59 bits per heavy atom. The van der Waals surface area contributed by atoms with Crippen LogP contribution in [0.5, 0.6) is 0 Å². The maximum Gasteiger partial charge on any atom is 0.243 e. The van der Waals surface area contributed by atoms with Crippen molar-refractivity contribution < 1.29 is 13.2 Å². The molecule has 0 aliphatic carbocycles. The number of thiocarbonyl (C=S) groups is 1. The minimum absolute atomic E-state index is 0.183. The van der Waals surface area contributed by atoms with Gasteiger partial charge in [-0.25, -0.2) is 8.42 Å². The molecule has 2 fully saturated rings. The van der Waals surface area contributed by atoms with Gasteiger partial charge in [0, 0.05) is 39.3 Å². The molecule has 0 aromatic heterocycles. The van der Waals surface area contributed by atoms with Crippen molar-refractivity contribution in [3.63, 3.8) is 0 Å². The third-order valence-electron chi connectivity index (χ3n) is 5.52. The zero-order valence-corrected chi connectivity index (χ0v) is 18.9. The van der Waals surface area contributed by atoms with E-state index in [2.05, 4.69) is 15.5 Å². The van der Waals surface area contributed by atoms with Gasteiger partial charge in [-0.2, -0.15) is 4.31 Å². The molecule has 1 aromatic carbocycles. The molecule has 9 heteroatoms. The summed E-state index contributed by atoms with van der Waals surface area (Å²) in [6.45, 7) is 7.97. The van der Waals surface area contributed by atoms with Crippen LogP contribution in [0.2, 0.25) is 0 Å². The van der Waals surface area contributed by atoms with Crippen LogP contribution in [-0.4, -0.2) is 63.3 Å². The summed E-state index contributed by atoms with van der Waals surface area (Å²) in [6, 6.07) is 5.31. The van der Waals surface area contributed by atoms with Crippen molar-refractivity contribution in [2.75, 3.05) is 49.5 Å². The summed E-state index contributed by atoms with van der Waals surface area (Å²) >= 11 is 5.48. The Balaban J connectivity index is 1.81. The van der Waals surface area contributed by atoms with Crippen molar-refractivity contribution in [3.8, 4) is 0 Å². The topological polar surface area (TPSA) is 73.9 Å². The second-order valence-electron chi connectivity index (χ2n) is 7.43. The lowest BCUT2D eigenvalue weighted by Crippen LogP contribution is -2.35. The molecule has 0 bridgehead atoms. The van der Waals surface area contributed by atoms with E-state index in [-0.39, 0.29) is 11.0 Å². The number of benzene rings is 1. The number of sulfonamides is 1. The highest BCUT2D eigenvalue weighted by molar-refractivity contribution is 7.89. The van der Waals surface area contributed by atoms with E-state index in [1.807, 2.05) is 19.9 Å². The molecule has 2 saturated heterocycles. The summed E-state index contributed by atoms with van der Waals surface area (Å²) in [5.74, 6) is 0. The number of anilines is 2. The Labute approximate surface area is 179 Å². The lowest BCUT2D eigenvalue weighted by molar-refractivity contribution is 0.114. The Kier molecular flexibility index (Phi) is 7.72. The minimum Gasteiger partial charge on any atom is -0.376 e. The third-order valence-corrected chi connectivity index (χ3v) is 7.81. The maximum absolute atomic E-state index is 13.0. The summed E-state index contributed by atoms with van der Waals surface area (Å²) in [7, 11) is -3.53. The van der Waals surface area contributed by atoms with E-state index < -0.39 is 10.0 Å². The highest BCUT2D eigenvalue weighted by Gasteiger charge is 2.25. The lowest BCUT2D eigenvalue weighted by atomic mass is 10.2. The lowest BCUT2D eigenvalue weighted by Gasteiger charge is -2.25. The molecule has 0 amide bonds. The van der Waals surface area contributed by atoms with E-state index in [0.29, 0.717) is 24.7 Å². The molecule has 2 aliphatic rings. The van der Waals surface area contributed by atoms with Crippen molar-refractivity contribution in [3.05, 3.63) is 18.2 Å². The van der Waals surface area contributed by atoms with Gasteiger partial charge in [0.1, 0.15) is 0 Å². The zero-order chi connectivity index (χ0) is 20.9. The van der Waals surface area contributed by atoms with Crippen LogP contribution in [0.25, 0.3) is 0 Å². The Morgan fingerprint density at radius 1 is 1.24 bits per heavy atom. The molecule has 1 atom stereocenters. The molecular weight excluding hydrogens is 408 g/mol. The molecule has 29 heavy (non-hydrogen) atoms. The number of nitrogens with zero attached hydrogens (tertiary/aromatic N) is 2. The van der Waals surface area contributed by atoms with Crippen molar-refractivity contribution in [1.29, 1.82) is 0 Å². The van der Waals surface area contributed by atoms with Crippen LogP contribution >= 0.6 is 12.2 Å². The summed E-state index contributed by atoms with van der Waals surface area (Å²) in [5, 5.41) is 6.93. The highest BCUT2D eigenvalue weighted by atomic mass is 32.2. The smallest absolute Gasteiger partial charge is 0.243 e. The first-order chi connectivity index (χ1) is 14.0. The molecular formula is C20H32N4O3S2. The van der Waals surface area contributed by atoms with Crippen LogP contribution in [-0.2, 0) is 14.8 Å². The second kappa shape index (κ2) is 10.1. The Bertz CT molecular complexity index is 800. The average Bonchev–Trinajstić information content (AvgIpc) is 3.41. The molecule has 0 saturated carbocycles. The highest BCUT2D eigenvalue weighted by Crippen LogP contribution is 2.32. The summed E-state index contributed by atoms with van der Waals surface area (Å²) in [4.78, 5) is 2.56. The van der Waals surface area contributed by atoms with E-state index >= 15 is 0 Å². The first kappa shape index (κ1) is 22.3. The standard InChI is InChI=1S/C20H32N4O3S2/c1-3-24(4-2)29(25,26)17-9-10-19(23-11-5-6-12-23)18(14-17)22-20(28)21-15-16-8-7-13-27-16/h9-10,14,16H,3-8,11-13,15H2,1-2H3,(H2,21,22,28)/t16-/m0/s1. The van der Waals surface area contributed by atoms with E-state index in [0.717, 1.165) is 56.8 Å². The molecule has 2 heterocycles. The van der Waals surface area contributed by atoms with Crippen molar-refractivity contribution in [2.45, 2.75) is 50.5 Å². The molecule has 2 N–H and O–H groups in total.